The fraction of sp³-hybridized carbons (Fsp3) is 0.261. The Hall–Kier alpha value is -3.81. The first kappa shape index (κ1) is 21.9. The number of hydrogen-bond donors (Lipinski definition) is 1. The quantitative estimate of drug-likeness (QED) is 0.504. The van der Waals surface area contributed by atoms with Crippen molar-refractivity contribution >= 4 is 5.91 Å². The van der Waals surface area contributed by atoms with Gasteiger partial charge >= 0.3 is 0 Å². The number of nitrogens with zero attached hydrogens (tertiary/aromatic N) is 2. The molecule has 0 aliphatic rings. The molecule has 3 rings (SSSR count). The number of methoxy groups -OCH3 is 1. The summed E-state index contributed by atoms with van der Waals surface area (Å²) in [6, 6.07) is 17.6. The molecule has 0 spiro atoms. The van der Waals surface area contributed by atoms with Gasteiger partial charge in [0.1, 0.15) is 30.4 Å². The van der Waals surface area contributed by atoms with Crippen LogP contribution in [0, 0.1) is 0 Å². The summed E-state index contributed by atoms with van der Waals surface area (Å²) in [7, 11) is 1.59. The molecule has 8 nitrogen and oxygen atoms in total. The van der Waals surface area contributed by atoms with Crippen LogP contribution in [0.5, 0.6) is 17.2 Å². The number of aromatic nitrogens is 2. The van der Waals surface area contributed by atoms with Gasteiger partial charge in [-0.2, -0.15) is 5.10 Å². The molecule has 0 fully saturated rings. The third-order valence-electron chi connectivity index (χ3n) is 4.37. The van der Waals surface area contributed by atoms with Gasteiger partial charge in [-0.15, -0.1) is 0 Å². The third-order valence-corrected chi connectivity index (χ3v) is 4.37. The van der Waals surface area contributed by atoms with E-state index < -0.39 is 0 Å². The van der Waals surface area contributed by atoms with E-state index >= 15 is 0 Å². The molecule has 1 aromatic heterocycles. The van der Waals surface area contributed by atoms with Crippen LogP contribution in [-0.4, -0.2) is 42.6 Å². The minimum absolute atomic E-state index is 0.175. The van der Waals surface area contributed by atoms with Crippen LogP contribution in [0.15, 0.2) is 65.5 Å². The first-order valence-corrected chi connectivity index (χ1v) is 9.94. The molecule has 1 N–H and O–H groups in total. The summed E-state index contributed by atoms with van der Waals surface area (Å²) >= 11 is 0. The largest absolute Gasteiger partial charge is 0.497 e. The van der Waals surface area contributed by atoms with Gasteiger partial charge in [-0.05, 0) is 61.5 Å². The fourth-order valence-electron chi connectivity index (χ4n) is 2.83. The Labute approximate surface area is 180 Å². The number of rotatable bonds is 10. The Kier molecular flexibility index (Phi) is 7.64. The number of ether oxygens (including phenoxy) is 3. The highest BCUT2D eigenvalue weighted by Crippen LogP contribution is 2.19. The maximum atomic E-state index is 12.2. The van der Waals surface area contributed by atoms with E-state index in [1.807, 2.05) is 43.3 Å². The van der Waals surface area contributed by atoms with Gasteiger partial charge in [0.2, 0.25) is 5.91 Å². The zero-order valence-electron chi connectivity index (χ0n) is 17.5. The predicted molar refractivity (Wildman–Crippen MR) is 117 cm³/mol. The molecule has 1 heterocycles. The second-order valence-corrected chi connectivity index (χ2v) is 6.55. The van der Waals surface area contributed by atoms with Crippen LogP contribution in [-0.2, 0) is 11.3 Å². The van der Waals surface area contributed by atoms with Crippen LogP contribution in [0.4, 0.5) is 0 Å². The highest BCUT2D eigenvalue weighted by molar-refractivity contribution is 5.75. The number of benzene rings is 2. The lowest BCUT2D eigenvalue weighted by Crippen LogP contribution is -2.35. The molecule has 0 saturated carbocycles. The van der Waals surface area contributed by atoms with Crippen molar-refractivity contribution in [3.05, 3.63) is 71.0 Å². The van der Waals surface area contributed by atoms with Crippen molar-refractivity contribution in [3.8, 4) is 28.5 Å². The molecular weight excluding hydrogens is 398 g/mol. The number of amides is 1. The van der Waals surface area contributed by atoms with Gasteiger partial charge in [-0.25, -0.2) is 4.68 Å². The van der Waals surface area contributed by atoms with Crippen molar-refractivity contribution in [1.29, 1.82) is 0 Å². The van der Waals surface area contributed by atoms with E-state index in [1.54, 1.807) is 25.3 Å². The maximum Gasteiger partial charge on any atom is 0.267 e. The van der Waals surface area contributed by atoms with Crippen molar-refractivity contribution in [2.75, 3.05) is 26.9 Å². The second kappa shape index (κ2) is 10.8. The highest BCUT2D eigenvalue weighted by Gasteiger charge is 2.08. The second-order valence-electron chi connectivity index (χ2n) is 6.55. The molecule has 0 aliphatic heterocycles. The Morgan fingerprint density at radius 1 is 0.935 bits per heavy atom. The Morgan fingerprint density at radius 3 is 2.23 bits per heavy atom. The van der Waals surface area contributed by atoms with Crippen molar-refractivity contribution < 1.29 is 19.0 Å². The van der Waals surface area contributed by atoms with Crippen LogP contribution in [0.3, 0.4) is 0 Å². The van der Waals surface area contributed by atoms with Gasteiger partial charge in [0.05, 0.1) is 26.0 Å². The Bertz CT molecular complexity index is 1050. The average Bonchev–Trinajstić information content (AvgIpc) is 2.79. The van der Waals surface area contributed by atoms with E-state index in [4.69, 9.17) is 14.2 Å². The molecule has 0 unspecified atom stereocenters. The van der Waals surface area contributed by atoms with Crippen molar-refractivity contribution in [2.45, 2.75) is 13.5 Å². The van der Waals surface area contributed by atoms with E-state index in [0.717, 1.165) is 21.7 Å². The summed E-state index contributed by atoms with van der Waals surface area (Å²) in [6.07, 6.45) is 0. The van der Waals surface area contributed by atoms with Gasteiger partial charge in [0, 0.05) is 11.6 Å². The summed E-state index contributed by atoms with van der Waals surface area (Å²) in [6.45, 7) is 2.96. The first-order valence-electron chi connectivity index (χ1n) is 9.94. The van der Waals surface area contributed by atoms with E-state index in [0.29, 0.717) is 31.2 Å². The minimum Gasteiger partial charge on any atom is -0.497 e. The van der Waals surface area contributed by atoms with E-state index in [9.17, 15) is 9.59 Å². The molecule has 8 heteroatoms. The summed E-state index contributed by atoms with van der Waals surface area (Å²) in [5.41, 5.74) is 1.06. The van der Waals surface area contributed by atoms with E-state index in [1.165, 1.54) is 6.07 Å². The van der Waals surface area contributed by atoms with E-state index in [2.05, 4.69) is 10.4 Å². The molecule has 162 valence electrons. The van der Waals surface area contributed by atoms with Gasteiger partial charge in [0.25, 0.3) is 5.56 Å². The fourth-order valence-corrected chi connectivity index (χ4v) is 2.83. The number of nitrogens with one attached hydrogen (secondary N) is 1. The molecule has 31 heavy (non-hydrogen) atoms. The minimum atomic E-state index is -0.349. The molecule has 1 amide bonds. The topological polar surface area (TPSA) is 91.7 Å². The summed E-state index contributed by atoms with van der Waals surface area (Å²) < 4.78 is 17.3. The lowest BCUT2D eigenvalue weighted by molar-refractivity contribution is -0.122. The molecule has 0 aliphatic carbocycles. The molecule has 0 atom stereocenters. The molecule has 3 aromatic rings. The first-order chi connectivity index (χ1) is 15.1. The number of hydrogen-bond acceptors (Lipinski definition) is 6. The summed E-state index contributed by atoms with van der Waals surface area (Å²) in [5.74, 6) is 1.86. The summed E-state index contributed by atoms with van der Waals surface area (Å²) in [5, 5.41) is 7.03. The van der Waals surface area contributed by atoms with Gasteiger partial charge in [-0.3, -0.25) is 9.59 Å². The zero-order chi connectivity index (χ0) is 22.1. The Balaban J connectivity index is 1.51. The standard InChI is InChI=1S/C23H25N3O5/c1-3-30-19-8-10-20(11-9-19)31-15-14-24-22(27)16-26-23(28)13-12-21(25-26)17-4-6-18(29-2)7-5-17/h4-13H,3,14-16H2,1-2H3,(H,24,27). The maximum absolute atomic E-state index is 12.2. The van der Waals surface area contributed by atoms with Crippen LogP contribution in [0.1, 0.15) is 6.92 Å². The van der Waals surface area contributed by atoms with Crippen molar-refractivity contribution in [1.82, 2.24) is 15.1 Å². The SMILES string of the molecule is CCOc1ccc(OCCNC(=O)Cn2nc(-c3ccc(OC)cc3)ccc2=O)cc1. The number of carbonyl (C=O) groups excluding carboxylic acids is 1. The van der Waals surface area contributed by atoms with Crippen LogP contribution in [0.25, 0.3) is 11.3 Å². The normalized spacial score (nSPS) is 10.4. The summed E-state index contributed by atoms with van der Waals surface area (Å²) in [4.78, 5) is 24.3. The van der Waals surface area contributed by atoms with Gasteiger partial charge in [0.15, 0.2) is 0 Å². The lowest BCUT2D eigenvalue weighted by Gasteiger charge is -2.10. The van der Waals surface area contributed by atoms with Gasteiger partial charge < -0.3 is 19.5 Å². The molecule has 0 radical (unpaired) electrons. The van der Waals surface area contributed by atoms with Crippen molar-refractivity contribution in [3.63, 3.8) is 0 Å². The highest BCUT2D eigenvalue weighted by atomic mass is 16.5. The average molecular weight is 423 g/mol. The zero-order valence-corrected chi connectivity index (χ0v) is 17.5. The smallest absolute Gasteiger partial charge is 0.267 e. The molecule has 0 saturated heterocycles. The number of carbonyl (C=O) groups is 1. The van der Waals surface area contributed by atoms with E-state index in [-0.39, 0.29) is 18.0 Å². The van der Waals surface area contributed by atoms with Crippen LogP contribution in [0.2, 0.25) is 0 Å². The monoisotopic (exact) mass is 423 g/mol. The molecule has 0 bridgehead atoms. The lowest BCUT2D eigenvalue weighted by atomic mass is 10.1. The molecular formula is C23H25N3O5. The Morgan fingerprint density at radius 2 is 1.58 bits per heavy atom. The van der Waals surface area contributed by atoms with Crippen LogP contribution >= 0.6 is 0 Å². The van der Waals surface area contributed by atoms with Crippen LogP contribution < -0.4 is 25.1 Å². The third kappa shape index (κ3) is 6.33. The molecule has 2 aromatic carbocycles. The van der Waals surface area contributed by atoms with Crippen molar-refractivity contribution in [2.24, 2.45) is 0 Å². The van der Waals surface area contributed by atoms with Gasteiger partial charge in [-0.1, -0.05) is 0 Å². The predicted octanol–water partition coefficient (Wildman–Crippen LogP) is 2.51.